The predicted molar refractivity (Wildman–Crippen MR) is 82.0 cm³/mol. The number of amides is 1. The predicted octanol–water partition coefficient (Wildman–Crippen LogP) is 2.70. The van der Waals surface area contributed by atoms with E-state index in [1.54, 1.807) is 7.11 Å². The van der Waals surface area contributed by atoms with Crippen molar-refractivity contribution < 1.29 is 14.3 Å². The first-order chi connectivity index (χ1) is 9.39. The van der Waals surface area contributed by atoms with Crippen LogP contribution < -0.4 is 10.6 Å². The number of unbranched alkanes of at least 4 members (excludes halogenated alkanes) is 1. The fourth-order valence-electron chi connectivity index (χ4n) is 1.78. The van der Waals surface area contributed by atoms with Crippen LogP contribution in [-0.2, 0) is 9.47 Å². The molecular weight excluding hydrogens is 256 g/mol. The molecule has 0 aromatic rings. The lowest BCUT2D eigenvalue weighted by atomic mass is 10.1. The van der Waals surface area contributed by atoms with Crippen LogP contribution in [-0.4, -0.2) is 44.5 Å². The second-order valence-corrected chi connectivity index (χ2v) is 6.03. The van der Waals surface area contributed by atoms with Crippen LogP contribution in [0, 0.1) is 0 Å². The fraction of sp³-hybridized carbons (Fsp3) is 0.933. The van der Waals surface area contributed by atoms with Gasteiger partial charge in [0.25, 0.3) is 0 Å². The maximum absolute atomic E-state index is 11.5. The summed E-state index contributed by atoms with van der Waals surface area (Å²) in [6.07, 6.45) is 3.91. The molecule has 0 saturated heterocycles. The van der Waals surface area contributed by atoms with E-state index in [9.17, 15) is 4.79 Å². The zero-order valence-corrected chi connectivity index (χ0v) is 13.8. The first-order valence-electron chi connectivity index (χ1n) is 7.58. The van der Waals surface area contributed by atoms with Crippen LogP contribution in [0.15, 0.2) is 0 Å². The van der Waals surface area contributed by atoms with E-state index in [0.29, 0.717) is 19.2 Å². The van der Waals surface area contributed by atoms with E-state index < -0.39 is 5.60 Å². The molecule has 5 heteroatoms. The quantitative estimate of drug-likeness (QED) is 0.607. The molecule has 1 unspecified atom stereocenters. The van der Waals surface area contributed by atoms with Crippen molar-refractivity contribution in [1.29, 1.82) is 0 Å². The lowest BCUT2D eigenvalue weighted by Gasteiger charge is -2.20. The summed E-state index contributed by atoms with van der Waals surface area (Å²) in [4.78, 5) is 11.5. The van der Waals surface area contributed by atoms with Crippen molar-refractivity contribution in [1.82, 2.24) is 10.6 Å². The first-order valence-corrected chi connectivity index (χ1v) is 7.58. The maximum atomic E-state index is 11.5. The van der Waals surface area contributed by atoms with Crippen LogP contribution in [0.5, 0.6) is 0 Å². The number of carbonyl (C=O) groups excluding carboxylic acids is 1. The van der Waals surface area contributed by atoms with E-state index in [-0.39, 0.29) is 6.09 Å². The van der Waals surface area contributed by atoms with Crippen LogP contribution in [0.2, 0.25) is 0 Å². The van der Waals surface area contributed by atoms with Gasteiger partial charge >= 0.3 is 6.09 Å². The van der Waals surface area contributed by atoms with Crippen LogP contribution in [0.25, 0.3) is 0 Å². The normalized spacial score (nSPS) is 13.1. The molecule has 0 aliphatic heterocycles. The molecule has 5 nitrogen and oxygen atoms in total. The van der Waals surface area contributed by atoms with Crippen molar-refractivity contribution >= 4 is 6.09 Å². The SMILES string of the molecule is CCCCNC(CCCNC(=O)OC(C)(C)C)COC. The van der Waals surface area contributed by atoms with Gasteiger partial charge in [0.1, 0.15) is 5.60 Å². The molecule has 0 aromatic carbocycles. The summed E-state index contributed by atoms with van der Waals surface area (Å²) in [6, 6.07) is 0.354. The van der Waals surface area contributed by atoms with Gasteiger partial charge in [-0.3, -0.25) is 0 Å². The lowest BCUT2D eigenvalue weighted by Crippen LogP contribution is -2.36. The number of carbonyl (C=O) groups is 1. The van der Waals surface area contributed by atoms with Crippen molar-refractivity contribution in [2.24, 2.45) is 0 Å². The number of ether oxygens (including phenoxy) is 2. The molecule has 0 aliphatic carbocycles. The summed E-state index contributed by atoms with van der Waals surface area (Å²) in [5, 5.41) is 6.25. The maximum Gasteiger partial charge on any atom is 0.407 e. The average molecular weight is 288 g/mol. The van der Waals surface area contributed by atoms with Crippen molar-refractivity contribution in [3.05, 3.63) is 0 Å². The van der Waals surface area contributed by atoms with Gasteiger partial charge in [-0.1, -0.05) is 13.3 Å². The molecule has 0 aromatic heterocycles. The lowest BCUT2D eigenvalue weighted by molar-refractivity contribution is 0.0526. The molecule has 0 fully saturated rings. The third-order valence-corrected chi connectivity index (χ3v) is 2.73. The Morgan fingerprint density at radius 2 is 1.90 bits per heavy atom. The van der Waals surface area contributed by atoms with E-state index in [4.69, 9.17) is 9.47 Å². The standard InChI is InChI=1S/C15H32N2O3/c1-6-7-10-16-13(12-19-5)9-8-11-17-14(18)20-15(2,3)4/h13,16H,6-12H2,1-5H3,(H,17,18). The zero-order chi connectivity index (χ0) is 15.4. The number of hydrogen-bond donors (Lipinski definition) is 2. The Bertz CT molecular complexity index is 252. The Morgan fingerprint density at radius 1 is 1.20 bits per heavy atom. The van der Waals surface area contributed by atoms with Crippen LogP contribution in [0.1, 0.15) is 53.4 Å². The van der Waals surface area contributed by atoms with E-state index in [2.05, 4.69) is 17.6 Å². The molecule has 20 heavy (non-hydrogen) atoms. The van der Waals surface area contributed by atoms with Crippen molar-refractivity contribution in [3.8, 4) is 0 Å². The summed E-state index contributed by atoms with van der Waals surface area (Å²) in [5.74, 6) is 0. The average Bonchev–Trinajstić information content (AvgIpc) is 2.32. The number of nitrogens with one attached hydrogen (secondary N) is 2. The van der Waals surface area contributed by atoms with E-state index >= 15 is 0 Å². The zero-order valence-electron chi connectivity index (χ0n) is 13.8. The van der Waals surface area contributed by atoms with Crippen molar-refractivity contribution in [2.45, 2.75) is 65.0 Å². The van der Waals surface area contributed by atoms with Gasteiger partial charge in [0, 0.05) is 19.7 Å². The minimum atomic E-state index is -0.440. The first kappa shape index (κ1) is 19.2. The molecule has 2 N–H and O–H groups in total. The second-order valence-electron chi connectivity index (χ2n) is 6.03. The monoisotopic (exact) mass is 288 g/mol. The Labute approximate surface area is 123 Å². The van der Waals surface area contributed by atoms with Gasteiger partial charge in [0.2, 0.25) is 0 Å². The van der Waals surface area contributed by atoms with E-state index in [0.717, 1.165) is 19.4 Å². The van der Waals surface area contributed by atoms with E-state index in [1.807, 2.05) is 20.8 Å². The summed E-state index contributed by atoms with van der Waals surface area (Å²) in [6.45, 7) is 10.1. The second kappa shape index (κ2) is 10.9. The van der Waals surface area contributed by atoms with Gasteiger partial charge in [-0.25, -0.2) is 4.79 Å². The Kier molecular flexibility index (Phi) is 10.5. The largest absolute Gasteiger partial charge is 0.444 e. The van der Waals surface area contributed by atoms with Gasteiger partial charge in [-0.05, 0) is 46.6 Å². The number of alkyl carbamates (subject to hydrolysis) is 1. The summed E-state index contributed by atoms with van der Waals surface area (Å²) in [7, 11) is 1.72. The molecule has 1 atom stereocenters. The highest BCUT2D eigenvalue weighted by Crippen LogP contribution is 2.06. The third-order valence-electron chi connectivity index (χ3n) is 2.73. The topological polar surface area (TPSA) is 59.6 Å². The molecule has 0 bridgehead atoms. The van der Waals surface area contributed by atoms with Gasteiger partial charge < -0.3 is 20.1 Å². The Balaban J connectivity index is 3.74. The van der Waals surface area contributed by atoms with Crippen LogP contribution in [0.3, 0.4) is 0 Å². The number of hydrogen-bond acceptors (Lipinski definition) is 4. The Morgan fingerprint density at radius 3 is 2.45 bits per heavy atom. The smallest absolute Gasteiger partial charge is 0.407 e. The molecule has 1 amide bonds. The fourth-order valence-corrected chi connectivity index (χ4v) is 1.78. The molecule has 0 spiro atoms. The van der Waals surface area contributed by atoms with Gasteiger partial charge in [-0.15, -0.1) is 0 Å². The van der Waals surface area contributed by atoms with E-state index in [1.165, 1.54) is 12.8 Å². The third kappa shape index (κ3) is 12.2. The molecule has 0 aliphatic rings. The van der Waals surface area contributed by atoms with Crippen LogP contribution >= 0.6 is 0 Å². The highest BCUT2D eigenvalue weighted by atomic mass is 16.6. The highest BCUT2D eigenvalue weighted by molar-refractivity contribution is 5.67. The number of methoxy groups -OCH3 is 1. The van der Waals surface area contributed by atoms with Crippen LogP contribution in [0.4, 0.5) is 4.79 Å². The van der Waals surface area contributed by atoms with Gasteiger partial charge in [0.15, 0.2) is 0 Å². The highest BCUT2D eigenvalue weighted by Gasteiger charge is 2.15. The molecular formula is C15H32N2O3. The molecule has 120 valence electrons. The minimum Gasteiger partial charge on any atom is -0.444 e. The van der Waals surface area contributed by atoms with Crippen molar-refractivity contribution in [2.75, 3.05) is 26.8 Å². The summed E-state index contributed by atoms with van der Waals surface area (Å²) in [5.41, 5.74) is -0.440. The molecule has 0 rings (SSSR count). The molecule has 0 saturated carbocycles. The number of rotatable bonds is 10. The molecule has 0 heterocycles. The summed E-state index contributed by atoms with van der Waals surface area (Å²) >= 11 is 0. The van der Waals surface area contributed by atoms with Gasteiger partial charge in [-0.2, -0.15) is 0 Å². The summed E-state index contributed by atoms with van der Waals surface area (Å²) < 4.78 is 10.4. The Hall–Kier alpha value is -0.810. The minimum absolute atomic E-state index is 0.347. The van der Waals surface area contributed by atoms with Crippen molar-refractivity contribution in [3.63, 3.8) is 0 Å². The van der Waals surface area contributed by atoms with Gasteiger partial charge in [0.05, 0.1) is 6.61 Å². The molecule has 0 radical (unpaired) electrons.